The molecule has 0 aromatic carbocycles. The van der Waals surface area contributed by atoms with Gasteiger partial charge in [-0.2, -0.15) is 0 Å². The molecule has 7 heteroatoms. The van der Waals surface area contributed by atoms with Gasteiger partial charge in [0.2, 0.25) is 0 Å². The van der Waals surface area contributed by atoms with E-state index in [4.69, 9.17) is 5.73 Å². The summed E-state index contributed by atoms with van der Waals surface area (Å²) in [5, 5.41) is 0. The van der Waals surface area contributed by atoms with Crippen LogP contribution in [-0.4, -0.2) is 19.9 Å². The van der Waals surface area contributed by atoms with Crippen LogP contribution in [0.5, 0.6) is 0 Å². The zero-order chi connectivity index (χ0) is 11.9. The number of fused-ring (bicyclic) bond motifs is 1. The zero-order valence-corrected chi connectivity index (χ0v) is 9.00. The predicted molar refractivity (Wildman–Crippen MR) is 59.1 cm³/mol. The molecule has 7 nitrogen and oxygen atoms in total. The quantitative estimate of drug-likeness (QED) is 0.553. The van der Waals surface area contributed by atoms with Gasteiger partial charge in [-0.15, -0.1) is 0 Å². The largest absolute Gasteiger partial charge is 0.335 e. The molecule has 0 aliphatic carbocycles. The minimum Gasteiger partial charge on any atom is -0.335 e. The molecular formula is C9H13N5O2. The molecule has 2 heterocycles. The summed E-state index contributed by atoms with van der Waals surface area (Å²) in [6.45, 7) is 3.90. The van der Waals surface area contributed by atoms with Crippen LogP contribution in [0, 0.1) is 5.92 Å². The smallest absolute Gasteiger partial charge is 0.327 e. The van der Waals surface area contributed by atoms with Crippen LogP contribution in [-0.2, 0) is 0 Å². The Balaban J connectivity index is 2.65. The highest BCUT2D eigenvalue weighted by Crippen LogP contribution is 2.16. The third-order valence-corrected chi connectivity index (χ3v) is 2.44. The summed E-state index contributed by atoms with van der Waals surface area (Å²) < 4.78 is 0. The third-order valence-electron chi connectivity index (χ3n) is 2.44. The Morgan fingerprint density at radius 3 is 2.50 bits per heavy atom. The Bertz CT molecular complexity index is 621. The Morgan fingerprint density at radius 1 is 1.19 bits per heavy atom. The van der Waals surface area contributed by atoms with E-state index >= 15 is 0 Å². The first-order valence-electron chi connectivity index (χ1n) is 4.97. The number of H-pyrrole nitrogens is 3. The van der Waals surface area contributed by atoms with Gasteiger partial charge in [0.1, 0.15) is 11.3 Å². The van der Waals surface area contributed by atoms with E-state index in [1.54, 1.807) is 0 Å². The van der Waals surface area contributed by atoms with Crippen LogP contribution in [0.15, 0.2) is 9.59 Å². The van der Waals surface area contributed by atoms with E-state index in [9.17, 15) is 9.59 Å². The van der Waals surface area contributed by atoms with Gasteiger partial charge in [0, 0.05) is 0 Å². The monoisotopic (exact) mass is 223 g/mol. The number of nitrogens with one attached hydrogen (secondary N) is 3. The molecular weight excluding hydrogens is 210 g/mol. The molecule has 0 saturated carbocycles. The summed E-state index contributed by atoms with van der Waals surface area (Å²) in [6.07, 6.45) is 0. The number of aromatic nitrogens is 4. The van der Waals surface area contributed by atoms with Crippen molar-refractivity contribution in [1.29, 1.82) is 0 Å². The van der Waals surface area contributed by atoms with Gasteiger partial charge in [-0.1, -0.05) is 13.8 Å². The molecule has 5 N–H and O–H groups in total. The molecule has 1 unspecified atom stereocenters. The summed E-state index contributed by atoms with van der Waals surface area (Å²) in [6, 6.07) is -0.296. The lowest BCUT2D eigenvalue weighted by Crippen LogP contribution is -2.21. The second-order valence-corrected chi connectivity index (χ2v) is 4.02. The zero-order valence-electron chi connectivity index (χ0n) is 9.00. The second kappa shape index (κ2) is 3.60. The van der Waals surface area contributed by atoms with Gasteiger partial charge in [-0.25, -0.2) is 9.78 Å². The van der Waals surface area contributed by atoms with Gasteiger partial charge < -0.3 is 10.7 Å². The molecule has 0 aliphatic rings. The maximum atomic E-state index is 11.4. The molecule has 0 aliphatic heterocycles. The van der Waals surface area contributed by atoms with E-state index in [-0.39, 0.29) is 23.1 Å². The molecule has 1 atom stereocenters. The number of nitrogens with zero attached hydrogens (tertiary/aromatic N) is 1. The molecule has 0 radical (unpaired) electrons. The molecule has 16 heavy (non-hydrogen) atoms. The lowest BCUT2D eigenvalue weighted by Gasteiger charge is -2.11. The number of rotatable bonds is 2. The molecule has 0 amide bonds. The van der Waals surface area contributed by atoms with Crippen molar-refractivity contribution in [3.63, 3.8) is 0 Å². The van der Waals surface area contributed by atoms with Crippen molar-refractivity contribution in [2.24, 2.45) is 11.7 Å². The minimum atomic E-state index is -0.575. The Kier molecular flexibility index (Phi) is 2.39. The Morgan fingerprint density at radius 2 is 1.88 bits per heavy atom. The van der Waals surface area contributed by atoms with Crippen LogP contribution in [0.4, 0.5) is 0 Å². The SMILES string of the molecule is CC(C)C(N)c1nc2[nH]c(=O)[nH]c(=O)c2[nH]1. The van der Waals surface area contributed by atoms with E-state index in [2.05, 4.69) is 19.9 Å². The van der Waals surface area contributed by atoms with Crippen LogP contribution < -0.4 is 17.0 Å². The summed E-state index contributed by atoms with van der Waals surface area (Å²) in [5.74, 6) is 0.684. The van der Waals surface area contributed by atoms with Gasteiger partial charge in [0.05, 0.1) is 6.04 Å². The van der Waals surface area contributed by atoms with Crippen molar-refractivity contribution < 1.29 is 0 Å². The predicted octanol–water partition coefficient (Wildman–Crippen LogP) is -0.405. The van der Waals surface area contributed by atoms with Crippen molar-refractivity contribution in [1.82, 2.24) is 19.9 Å². The van der Waals surface area contributed by atoms with Crippen LogP contribution in [0.25, 0.3) is 11.2 Å². The average molecular weight is 223 g/mol. The molecule has 86 valence electrons. The summed E-state index contributed by atoms with van der Waals surface area (Å²) >= 11 is 0. The number of hydrogen-bond acceptors (Lipinski definition) is 4. The number of nitrogens with two attached hydrogens (primary N) is 1. The standard InChI is InChI=1S/C9H13N5O2/c1-3(2)4(10)6-11-5-7(12-6)13-9(16)14-8(5)15/h3-4H,10H2,1-2H3,(H3,11,12,13,14,15,16). The van der Waals surface area contributed by atoms with Crippen LogP contribution in [0.3, 0.4) is 0 Å². The Labute approximate surface area is 90.1 Å². The maximum absolute atomic E-state index is 11.4. The second-order valence-electron chi connectivity index (χ2n) is 4.02. The van der Waals surface area contributed by atoms with E-state index in [1.807, 2.05) is 13.8 Å². The fraction of sp³-hybridized carbons (Fsp3) is 0.444. The van der Waals surface area contributed by atoms with E-state index < -0.39 is 11.2 Å². The fourth-order valence-electron chi connectivity index (χ4n) is 1.42. The lowest BCUT2D eigenvalue weighted by atomic mass is 10.1. The van der Waals surface area contributed by atoms with Gasteiger partial charge in [-0.05, 0) is 5.92 Å². The molecule has 0 fully saturated rings. The van der Waals surface area contributed by atoms with Crippen LogP contribution in [0.1, 0.15) is 25.7 Å². The summed E-state index contributed by atoms with van der Waals surface area (Å²) in [4.78, 5) is 33.9. The maximum Gasteiger partial charge on any atom is 0.327 e. The first kappa shape index (κ1) is 10.6. The van der Waals surface area contributed by atoms with Crippen LogP contribution in [0.2, 0.25) is 0 Å². The molecule has 0 bridgehead atoms. The molecule has 2 aromatic heterocycles. The van der Waals surface area contributed by atoms with Gasteiger partial charge >= 0.3 is 5.69 Å². The highest BCUT2D eigenvalue weighted by molar-refractivity contribution is 5.68. The normalized spacial score (nSPS) is 13.5. The first-order chi connectivity index (χ1) is 7.49. The van der Waals surface area contributed by atoms with E-state index in [1.165, 1.54) is 0 Å². The van der Waals surface area contributed by atoms with Gasteiger partial charge in [0.15, 0.2) is 5.65 Å². The molecule has 2 aromatic rings. The minimum absolute atomic E-state index is 0.186. The number of imidazole rings is 1. The number of hydrogen-bond donors (Lipinski definition) is 4. The van der Waals surface area contributed by atoms with Crippen molar-refractivity contribution in [3.05, 3.63) is 26.7 Å². The van der Waals surface area contributed by atoms with Crippen molar-refractivity contribution in [2.75, 3.05) is 0 Å². The lowest BCUT2D eigenvalue weighted by molar-refractivity contribution is 0.495. The average Bonchev–Trinajstić information content (AvgIpc) is 2.60. The van der Waals surface area contributed by atoms with Gasteiger partial charge in [-0.3, -0.25) is 14.8 Å². The number of aromatic amines is 3. The topological polar surface area (TPSA) is 120 Å². The van der Waals surface area contributed by atoms with E-state index in [0.717, 1.165) is 0 Å². The highest BCUT2D eigenvalue weighted by atomic mass is 16.2. The molecule has 0 spiro atoms. The first-order valence-corrected chi connectivity index (χ1v) is 4.97. The van der Waals surface area contributed by atoms with Gasteiger partial charge in [0.25, 0.3) is 5.56 Å². The molecule has 2 rings (SSSR count). The molecule has 0 saturated heterocycles. The van der Waals surface area contributed by atoms with E-state index in [0.29, 0.717) is 5.82 Å². The summed E-state index contributed by atoms with van der Waals surface area (Å²) in [7, 11) is 0. The fourth-order valence-corrected chi connectivity index (χ4v) is 1.42. The summed E-state index contributed by atoms with van der Waals surface area (Å²) in [5.41, 5.74) is 5.30. The van der Waals surface area contributed by atoms with Crippen molar-refractivity contribution in [2.45, 2.75) is 19.9 Å². The third kappa shape index (κ3) is 1.65. The highest BCUT2D eigenvalue weighted by Gasteiger charge is 2.16. The Hall–Kier alpha value is -1.89. The van der Waals surface area contributed by atoms with Crippen LogP contribution >= 0.6 is 0 Å². The van der Waals surface area contributed by atoms with Crippen molar-refractivity contribution in [3.8, 4) is 0 Å². The van der Waals surface area contributed by atoms with Crippen molar-refractivity contribution >= 4 is 11.2 Å².